The van der Waals surface area contributed by atoms with Crippen LogP contribution in [-0.4, -0.2) is 23.5 Å². The largest absolute Gasteiger partial charge is 0.481 e. The summed E-state index contributed by atoms with van der Waals surface area (Å²) in [6.07, 6.45) is 6.98. The van der Waals surface area contributed by atoms with Gasteiger partial charge >= 0.3 is 5.97 Å². The molecule has 4 heteroatoms. The molecule has 1 unspecified atom stereocenters. The Morgan fingerprint density at radius 3 is 2.42 bits per heavy atom. The van der Waals surface area contributed by atoms with Crippen molar-refractivity contribution in [2.75, 3.05) is 6.54 Å². The molecule has 19 heavy (non-hydrogen) atoms. The first kappa shape index (κ1) is 14.4. The standard InChI is InChI=1S/C15H25NO3/c1-11(12-4-5-12)10-16-13(17)8-15(9-14(18)19)6-2-3-7-15/h11-12H,2-10H2,1H3,(H,16,17)(H,18,19). The third-order valence-electron chi connectivity index (χ3n) is 4.77. The Morgan fingerprint density at radius 1 is 1.26 bits per heavy atom. The van der Waals surface area contributed by atoms with Crippen molar-refractivity contribution < 1.29 is 14.7 Å². The molecular weight excluding hydrogens is 242 g/mol. The Labute approximate surface area is 115 Å². The van der Waals surface area contributed by atoms with Crippen LogP contribution in [0.4, 0.5) is 0 Å². The number of hydrogen-bond donors (Lipinski definition) is 2. The molecule has 1 amide bonds. The van der Waals surface area contributed by atoms with Crippen molar-refractivity contribution in [3.8, 4) is 0 Å². The fraction of sp³-hybridized carbons (Fsp3) is 0.867. The lowest BCUT2D eigenvalue weighted by atomic mass is 9.79. The first-order valence-electron chi connectivity index (χ1n) is 7.49. The smallest absolute Gasteiger partial charge is 0.303 e. The van der Waals surface area contributed by atoms with Gasteiger partial charge in [-0.15, -0.1) is 0 Å². The molecule has 4 nitrogen and oxygen atoms in total. The van der Waals surface area contributed by atoms with Gasteiger partial charge in [0.05, 0.1) is 6.42 Å². The fourth-order valence-corrected chi connectivity index (χ4v) is 3.37. The van der Waals surface area contributed by atoms with Crippen molar-refractivity contribution >= 4 is 11.9 Å². The summed E-state index contributed by atoms with van der Waals surface area (Å²) >= 11 is 0. The highest BCUT2D eigenvalue weighted by molar-refractivity contribution is 5.78. The van der Waals surface area contributed by atoms with Gasteiger partial charge in [-0.25, -0.2) is 0 Å². The normalized spacial score (nSPS) is 23.0. The monoisotopic (exact) mass is 267 g/mol. The molecule has 0 bridgehead atoms. The van der Waals surface area contributed by atoms with Crippen molar-refractivity contribution in [1.29, 1.82) is 0 Å². The van der Waals surface area contributed by atoms with Crippen LogP contribution in [-0.2, 0) is 9.59 Å². The van der Waals surface area contributed by atoms with Crippen LogP contribution in [0.25, 0.3) is 0 Å². The lowest BCUT2D eigenvalue weighted by molar-refractivity contribution is -0.140. The fourth-order valence-electron chi connectivity index (χ4n) is 3.37. The molecule has 0 spiro atoms. The third-order valence-corrected chi connectivity index (χ3v) is 4.77. The van der Waals surface area contributed by atoms with Crippen LogP contribution in [0, 0.1) is 17.3 Å². The number of aliphatic carboxylic acids is 1. The zero-order chi connectivity index (χ0) is 13.9. The van der Waals surface area contributed by atoms with Gasteiger partial charge in [0.2, 0.25) is 5.91 Å². The van der Waals surface area contributed by atoms with Crippen LogP contribution in [0.15, 0.2) is 0 Å². The first-order valence-corrected chi connectivity index (χ1v) is 7.49. The maximum atomic E-state index is 12.0. The van der Waals surface area contributed by atoms with E-state index in [1.807, 2.05) is 0 Å². The predicted molar refractivity (Wildman–Crippen MR) is 72.7 cm³/mol. The second kappa shape index (κ2) is 5.93. The van der Waals surface area contributed by atoms with Crippen molar-refractivity contribution in [1.82, 2.24) is 5.32 Å². The van der Waals surface area contributed by atoms with E-state index in [4.69, 9.17) is 5.11 Å². The van der Waals surface area contributed by atoms with Crippen molar-refractivity contribution in [3.63, 3.8) is 0 Å². The maximum absolute atomic E-state index is 12.0. The Kier molecular flexibility index (Phi) is 4.48. The minimum atomic E-state index is -0.777. The predicted octanol–water partition coefficient (Wildman–Crippen LogP) is 2.57. The zero-order valence-electron chi connectivity index (χ0n) is 11.8. The molecule has 108 valence electrons. The summed E-state index contributed by atoms with van der Waals surface area (Å²) in [7, 11) is 0. The molecule has 2 aliphatic carbocycles. The molecule has 0 aromatic heterocycles. The van der Waals surface area contributed by atoms with Crippen LogP contribution in [0.2, 0.25) is 0 Å². The second-order valence-electron chi connectivity index (χ2n) is 6.57. The Balaban J connectivity index is 1.79. The maximum Gasteiger partial charge on any atom is 0.303 e. The van der Waals surface area contributed by atoms with E-state index in [1.165, 1.54) is 12.8 Å². The molecule has 0 aliphatic heterocycles. The minimum Gasteiger partial charge on any atom is -0.481 e. The Hall–Kier alpha value is -1.06. The van der Waals surface area contributed by atoms with Crippen LogP contribution < -0.4 is 5.32 Å². The molecule has 2 aliphatic rings. The molecule has 2 N–H and O–H groups in total. The molecule has 2 saturated carbocycles. The Morgan fingerprint density at radius 2 is 1.89 bits per heavy atom. The molecule has 0 heterocycles. The molecule has 0 aromatic rings. The third kappa shape index (κ3) is 4.22. The van der Waals surface area contributed by atoms with Crippen molar-refractivity contribution in [3.05, 3.63) is 0 Å². The van der Waals surface area contributed by atoms with Gasteiger partial charge < -0.3 is 10.4 Å². The number of carbonyl (C=O) groups excluding carboxylic acids is 1. The van der Waals surface area contributed by atoms with E-state index in [1.54, 1.807) is 0 Å². The highest BCUT2D eigenvalue weighted by atomic mass is 16.4. The summed E-state index contributed by atoms with van der Waals surface area (Å²) in [6, 6.07) is 0. The number of carboxylic acid groups (broad SMARTS) is 1. The van der Waals surface area contributed by atoms with Gasteiger partial charge in [0.25, 0.3) is 0 Å². The highest BCUT2D eigenvalue weighted by Gasteiger charge is 2.38. The van der Waals surface area contributed by atoms with Crippen molar-refractivity contribution in [2.45, 2.75) is 58.3 Å². The van der Waals surface area contributed by atoms with Gasteiger partial charge in [0.1, 0.15) is 0 Å². The average Bonchev–Trinajstić information content (AvgIpc) is 3.09. The van der Waals surface area contributed by atoms with Gasteiger partial charge in [-0.2, -0.15) is 0 Å². The number of rotatable bonds is 7. The number of carbonyl (C=O) groups is 2. The topological polar surface area (TPSA) is 66.4 Å². The minimum absolute atomic E-state index is 0.0376. The quantitative estimate of drug-likeness (QED) is 0.745. The molecule has 0 radical (unpaired) electrons. The summed E-state index contributed by atoms with van der Waals surface area (Å²) in [5, 5.41) is 12.0. The molecule has 2 fully saturated rings. The molecule has 0 aromatic carbocycles. The van der Waals surface area contributed by atoms with Gasteiger partial charge in [0, 0.05) is 13.0 Å². The first-order chi connectivity index (χ1) is 9.01. The van der Waals surface area contributed by atoms with E-state index in [2.05, 4.69) is 12.2 Å². The second-order valence-corrected chi connectivity index (χ2v) is 6.57. The number of hydrogen-bond acceptors (Lipinski definition) is 2. The summed E-state index contributed by atoms with van der Waals surface area (Å²) in [5.74, 6) is 0.611. The zero-order valence-corrected chi connectivity index (χ0v) is 11.8. The van der Waals surface area contributed by atoms with Crippen LogP contribution in [0.3, 0.4) is 0 Å². The SMILES string of the molecule is CC(CNC(=O)CC1(CC(=O)O)CCCC1)C1CC1. The van der Waals surface area contributed by atoms with E-state index in [0.717, 1.165) is 38.1 Å². The number of nitrogens with one attached hydrogen (secondary N) is 1. The van der Waals surface area contributed by atoms with Gasteiger partial charge in [-0.3, -0.25) is 9.59 Å². The molecule has 0 saturated heterocycles. The number of carboxylic acids is 1. The summed E-state index contributed by atoms with van der Waals surface area (Å²) in [5.41, 5.74) is -0.279. The van der Waals surface area contributed by atoms with Crippen LogP contribution in [0.1, 0.15) is 58.3 Å². The van der Waals surface area contributed by atoms with Crippen LogP contribution in [0.5, 0.6) is 0 Å². The van der Waals surface area contributed by atoms with E-state index in [-0.39, 0.29) is 17.7 Å². The average molecular weight is 267 g/mol. The van der Waals surface area contributed by atoms with E-state index in [9.17, 15) is 9.59 Å². The molecule has 1 atom stereocenters. The van der Waals surface area contributed by atoms with E-state index >= 15 is 0 Å². The van der Waals surface area contributed by atoms with Gasteiger partial charge in [-0.1, -0.05) is 19.8 Å². The lowest BCUT2D eigenvalue weighted by Gasteiger charge is -2.26. The summed E-state index contributed by atoms with van der Waals surface area (Å²) < 4.78 is 0. The number of amides is 1. The van der Waals surface area contributed by atoms with Gasteiger partial charge in [-0.05, 0) is 42.9 Å². The van der Waals surface area contributed by atoms with E-state index in [0.29, 0.717) is 12.3 Å². The summed E-state index contributed by atoms with van der Waals surface area (Å²) in [4.78, 5) is 23.0. The molecular formula is C15H25NO3. The lowest BCUT2D eigenvalue weighted by Crippen LogP contribution is -2.34. The van der Waals surface area contributed by atoms with Crippen LogP contribution >= 0.6 is 0 Å². The van der Waals surface area contributed by atoms with Crippen molar-refractivity contribution in [2.24, 2.45) is 17.3 Å². The summed E-state index contributed by atoms with van der Waals surface area (Å²) in [6.45, 7) is 2.92. The van der Waals surface area contributed by atoms with E-state index < -0.39 is 5.97 Å². The molecule has 2 rings (SSSR count). The highest BCUT2D eigenvalue weighted by Crippen LogP contribution is 2.44. The van der Waals surface area contributed by atoms with Gasteiger partial charge in [0.15, 0.2) is 0 Å². The Bertz CT molecular complexity index is 343.